The second-order valence-electron chi connectivity index (χ2n) is 4.86. The summed E-state index contributed by atoms with van der Waals surface area (Å²) in [4.78, 5) is 2.28. The van der Waals surface area contributed by atoms with Crippen molar-refractivity contribution in [1.82, 2.24) is 4.90 Å². The molecule has 2 N–H and O–H groups in total. The normalized spacial score (nSPS) is 13.2. The third kappa shape index (κ3) is 4.86. The van der Waals surface area contributed by atoms with Crippen LogP contribution in [0.1, 0.15) is 47.0 Å². The predicted molar refractivity (Wildman–Crippen MR) is 78.6 cm³/mol. The molecule has 0 saturated carbocycles. The minimum absolute atomic E-state index is 0.0424. The van der Waals surface area contributed by atoms with E-state index in [1.807, 2.05) is 0 Å². The first kappa shape index (κ1) is 17.9. The van der Waals surface area contributed by atoms with Crippen LogP contribution in [0.15, 0.2) is 0 Å². The van der Waals surface area contributed by atoms with Crippen LogP contribution in [0.25, 0.3) is 0 Å². The van der Waals surface area contributed by atoms with Crippen LogP contribution in [-0.2, 0) is 9.84 Å². The molecule has 0 fully saturated rings. The van der Waals surface area contributed by atoms with Gasteiger partial charge in [-0.3, -0.25) is 4.90 Å². The van der Waals surface area contributed by atoms with Gasteiger partial charge < -0.3 is 5.73 Å². The lowest BCUT2D eigenvalue weighted by molar-refractivity contribution is 0.0917. The molecule has 0 heterocycles. The summed E-state index contributed by atoms with van der Waals surface area (Å²) >= 11 is 0. The quantitative estimate of drug-likeness (QED) is 0.660. The molecule has 110 valence electrons. The largest absolute Gasteiger partial charge is 0.329 e. The minimum atomic E-state index is -2.90. The number of hydrogen-bond donors (Lipinski definition) is 1. The Morgan fingerprint density at radius 3 is 1.94 bits per heavy atom. The topological polar surface area (TPSA) is 63.4 Å². The van der Waals surface area contributed by atoms with Crippen LogP contribution in [0, 0.1) is 0 Å². The van der Waals surface area contributed by atoms with Crippen LogP contribution >= 0.6 is 0 Å². The molecule has 0 spiro atoms. The summed E-state index contributed by atoms with van der Waals surface area (Å²) in [6, 6.07) is 0. The van der Waals surface area contributed by atoms with Crippen molar-refractivity contribution in [3.63, 3.8) is 0 Å². The maximum atomic E-state index is 11.6. The van der Waals surface area contributed by atoms with Gasteiger partial charge in [-0.15, -0.1) is 0 Å². The molecule has 0 saturated heterocycles. The Balaban J connectivity index is 4.84. The van der Waals surface area contributed by atoms with Crippen LogP contribution in [0.3, 0.4) is 0 Å². The molecule has 4 nitrogen and oxygen atoms in total. The fourth-order valence-corrected chi connectivity index (χ4v) is 3.15. The number of nitrogens with zero attached hydrogens (tertiary/aromatic N) is 1. The number of rotatable bonds is 10. The van der Waals surface area contributed by atoms with E-state index >= 15 is 0 Å². The molecule has 0 aliphatic heterocycles. The van der Waals surface area contributed by atoms with E-state index in [1.54, 1.807) is 6.92 Å². The van der Waals surface area contributed by atoms with Gasteiger partial charge >= 0.3 is 0 Å². The van der Waals surface area contributed by atoms with E-state index in [-0.39, 0.29) is 17.0 Å². The van der Waals surface area contributed by atoms with Gasteiger partial charge in [-0.2, -0.15) is 0 Å². The standard InChI is InChI=1S/C13H30N2O2S/c1-5-9-15(10-11-18(16,17)8-4)13(6-2,7-3)12-14/h5-12,14H2,1-4H3. The van der Waals surface area contributed by atoms with Gasteiger partial charge in [0.15, 0.2) is 9.84 Å². The lowest BCUT2D eigenvalue weighted by Gasteiger charge is -2.42. The number of hydrogen-bond acceptors (Lipinski definition) is 4. The minimum Gasteiger partial charge on any atom is -0.329 e. The third-order valence-electron chi connectivity index (χ3n) is 3.97. The molecular formula is C13H30N2O2S. The summed E-state index contributed by atoms with van der Waals surface area (Å²) in [5, 5.41) is 0. The van der Waals surface area contributed by atoms with Crippen LogP contribution in [-0.4, -0.2) is 50.0 Å². The van der Waals surface area contributed by atoms with Gasteiger partial charge in [0.2, 0.25) is 0 Å². The van der Waals surface area contributed by atoms with E-state index in [9.17, 15) is 8.42 Å². The zero-order valence-electron chi connectivity index (χ0n) is 12.4. The highest BCUT2D eigenvalue weighted by Gasteiger charge is 2.31. The fourth-order valence-electron chi connectivity index (χ4n) is 2.36. The molecule has 0 aromatic rings. The Labute approximate surface area is 113 Å². The summed E-state index contributed by atoms with van der Waals surface area (Å²) in [5.74, 6) is 0.464. The van der Waals surface area contributed by atoms with E-state index in [2.05, 4.69) is 25.7 Å². The molecule has 18 heavy (non-hydrogen) atoms. The lowest BCUT2D eigenvalue weighted by Crippen LogP contribution is -2.54. The summed E-state index contributed by atoms with van der Waals surface area (Å²) < 4.78 is 23.3. The summed E-state index contributed by atoms with van der Waals surface area (Å²) in [5.41, 5.74) is 5.90. The van der Waals surface area contributed by atoms with Crippen LogP contribution in [0.4, 0.5) is 0 Å². The Morgan fingerprint density at radius 1 is 1.06 bits per heavy atom. The van der Waals surface area contributed by atoms with E-state index in [1.165, 1.54) is 0 Å². The van der Waals surface area contributed by atoms with E-state index in [4.69, 9.17) is 5.73 Å². The molecular weight excluding hydrogens is 248 g/mol. The van der Waals surface area contributed by atoms with Gasteiger partial charge in [0.25, 0.3) is 0 Å². The number of sulfone groups is 1. The highest BCUT2D eigenvalue weighted by molar-refractivity contribution is 7.91. The van der Waals surface area contributed by atoms with Crippen LogP contribution < -0.4 is 5.73 Å². The summed E-state index contributed by atoms with van der Waals surface area (Å²) in [6.07, 6.45) is 2.95. The fraction of sp³-hybridized carbons (Fsp3) is 1.00. The molecule has 0 amide bonds. The van der Waals surface area contributed by atoms with Crippen molar-refractivity contribution in [2.24, 2.45) is 5.73 Å². The molecule has 0 radical (unpaired) electrons. The second-order valence-corrected chi connectivity index (χ2v) is 7.33. The third-order valence-corrected chi connectivity index (χ3v) is 5.66. The number of nitrogens with two attached hydrogens (primary N) is 1. The summed E-state index contributed by atoms with van der Waals surface area (Å²) in [7, 11) is -2.90. The van der Waals surface area contributed by atoms with Gasteiger partial charge in [0.1, 0.15) is 0 Å². The van der Waals surface area contributed by atoms with E-state index in [0.717, 1.165) is 25.8 Å². The van der Waals surface area contributed by atoms with Crippen molar-refractivity contribution in [3.8, 4) is 0 Å². The zero-order chi connectivity index (χ0) is 14.2. The van der Waals surface area contributed by atoms with Crippen LogP contribution in [0.2, 0.25) is 0 Å². The zero-order valence-corrected chi connectivity index (χ0v) is 13.2. The Hall–Kier alpha value is -0.130. The SMILES string of the molecule is CCCN(CCS(=O)(=O)CC)C(CC)(CC)CN. The Kier molecular flexibility index (Phi) is 8.06. The molecule has 0 bridgehead atoms. The molecule has 0 atom stereocenters. The van der Waals surface area contributed by atoms with Gasteiger partial charge in [0, 0.05) is 24.4 Å². The summed E-state index contributed by atoms with van der Waals surface area (Å²) in [6.45, 7) is 10.2. The molecule has 0 aliphatic carbocycles. The highest BCUT2D eigenvalue weighted by Crippen LogP contribution is 2.23. The van der Waals surface area contributed by atoms with Crippen molar-refractivity contribution in [2.45, 2.75) is 52.5 Å². The van der Waals surface area contributed by atoms with Crippen LogP contribution in [0.5, 0.6) is 0 Å². The van der Waals surface area contributed by atoms with E-state index < -0.39 is 9.84 Å². The average Bonchev–Trinajstić information content (AvgIpc) is 2.38. The second kappa shape index (κ2) is 8.12. The molecule has 0 rings (SSSR count). The van der Waals surface area contributed by atoms with Crippen molar-refractivity contribution in [3.05, 3.63) is 0 Å². The molecule has 0 aliphatic rings. The van der Waals surface area contributed by atoms with Crippen molar-refractivity contribution < 1.29 is 8.42 Å². The first-order valence-corrected chi connectivity index (χ1v) is 8.89. The van der Waals surface area contributed by atoms with Gasteiger partial charge in [-0.05, 0) is 25.8 Å². The Morgan fingerprint density at radius 2 is 1.61 bits per heavy atom. The molecule has 0 aromatic heterocycles. The van der Waals surface area contributed by atoms with Crippen molar-refractivity contribution in [2.75, 3.05) is 31.1 Å². The molecule has 0 aromatic carbocycles. The van der Waals surface area contributed by atoms with Gasteiger partial charge in [-0.1, -0.05) is 27.7 Å². The maximum Gasteiger partial charge on any atom is 0.151 e. The predicted octanol–water partition coefficient (Wildman–Crippen LogP) is 1.65. The molecule has 0 unspecified atom stereocenters. The van der Waals surface area contributed by atoms with Crippen molar-refractivity contribution in [1.29, 1.82) is 0 Å². The van der Waals surface area contributed by atoms with Gasteiger partial charge in [0.05, 0.1) is 5.75 Å². The maximum absolute atomic E-state index is 11.6. The first-order valence-electron chi connectivity index (χ1n) is 7.06. The average molecular weight is 278 g/mol. The van der Waals surface area contributed by atoms with E-state index in [0.29, 0.717) is 13.1 Å². The lowest BCUT2D eigenvalue weighted by atomic mass is 9.90. The smallest absolute Gasteiger partial charge is 0.151 e. The van der Waals surface area contributed by atoms with Gasteiger partial charge in [-0.25, -0.2) is 8.42 Å². The monoisotopic (exact) mass is 278 g/mol. The molecule has 5 heteroatoms. The Bertz CT molecular complexity index is 303. The first-order chi connectivity index (χ1) is 8.41. The highest BCUT2D eigenvalue weighted by atomic mass is 32.2. The van der Waals surface area contributed by atoms with Crippen molar-refractivity contribution >= 4 is 9.84 Å².